The van der Waals surface area contributed by atoms with Crippen molar-refractivity contribution in [3.05, 3.63) is 55.9 Å². The van der Waals surface area contributed by atoms with Gasteiger partial charge in [0.2, 0.25) is 0 Å². The third-order valence-electron chi connectivity index (χ3n) is 2.77. The van der Waals surface area contributed by atoms with Gasteiger partial charge >= 0.3 is 0 Å². The molecule has 1 aromatic heterocycles. The van der Waals surface area contributed by atoms with Crippen LogP contribution in [0.15, 0.2) is 34.1 Å². The number of aryl methyl sites for hydroxylation is 1. The molecule has 0 fully saturated rings. The topological polar surface area (TPSA) is 12.0 Å². The van der Waals surface area contributed by atoms with E-state index in [1.54, 1.807) is 23.5 Å². The average Bonchev–Trinajstić information content (AvgIpc) is 2.71. The zero-order valence-electron chi connectivity index (χ0n) is 9.63. The molecule has 0 aliphatic heterocycles. The minimum atomic E-state index is -0.212. The lowest BCUT2D eigenvalue weighted by Crippen LogP contribution is -2.18. The van der Waals surface area contributed by atoms with Crippen molar-refractivity contribution in [1.82, 2.24) is 5.32 Å². The highest BCUT2D eigenvalue weighted by Crippen LogP contribution is 2.32. The lowest BCUT2D eigenvalue weighted by atomic mass is 9.99. The summed E-state index contributed by atoms with van der Waals surface area (Å²) in [5, 5.41) is 5.30. The first-order valence-corrected chi connectivity index (χ1v) is 6.97. The summed E-state index contributed by atoms with van der Waals surface area (Å²) in [7, 11) is 1.89. The van der Waals surface area contributed by atoms with Crippen LogP contribution in [0.2, 0.25) is 0 Å². The Balaban J connectivity index is 2.49. The third kappa shape index (κ3) is 2.59. The predicted molar refractivity (Wildman–Crippen MR) is 74.1 cm³/mol. The van der Waals surface area contributed by atoms with Crippen LogP contribution in [0.3, 0.4) is 0 Å². The fourth-order valence-corrected chi connectivity index (χ4v) is 3.12. The Kier molecular flexibility index (Phi) is 3.97. The molecule has 0 saturated carbocycles. The van der Waals surface area contributed by atoms with Crippen LogP contribution in [-0.2, 0) is 0 Å². The van der Waals surface area contributed by atoms with Gasteiger partial charge in [-0.25, -0.2) is 4.39 Å². The Labute approximate surface area is 113 Å². The Morgan fingerprint density at radius 2 is 2.06 bits per heavy atom. The molecule has 4 heteroatoms. The molecule has 0 amide bonds. The van der Waals surface area contributed by atoms with E-state index in [2.05, 4.69) is 39.6 Å². The van der Waals surface area contributed by atoms with Gasteiger partial charge in [-0.1, -0.05) is 15.9 Å². The zero-order chi connectivity index (χ0) is 12.4. The molecule has 2 aromatic rings. The van der Waals surface area contributed by atoms with Gasteiger partial charge < -0.3 is 5.32 Å². The van der Waals surface area contributed by atoms with Crippen LogP contribution >= 0.6 is 27.3 Å². The fourth-order valence-electron chi connectivity index (χ4n) is 1.91. The van der Waals surface area contributed by atoms with E-state index in [4.69, 9.17) is 0 Å². The SMILES string of the molecule is CNC(c1cc(F)ccc1Br)c1ccsc1C. The summed E-state index contributed by atoms with van der Waals surface area (Å²) in [6.45, 7) is 2.08. The van der Waals surface area contributed by atoms with Gasteiger partial charge in [0.25, 0.3) is 0 Å². The highest BCUT2D eigenvalue weighted by atomic mass is 79.9. The number of hydrogen-bond donors (Lipinski definition) is 1. The minimum absolute atomic E-state index is 0.0197. The molecule has 0 bridgehead atoms. The van der Waals surface area contributed by atoms with E-state index in [1.807, 2.05) is 7.05 Å². The van der Waals surface area contributed by atoms with E-state index in [0.717, 1.165) is 10.0 Å². The Bertz CT molecular complexity index is 524. The van der Waals surface area contributed by atoms with E-state index in [9.17, 15) is 4.39 Å². The van der Waals surface area contributed by atoms with Crippen LogP contribution in [0.4, 0.5) is 4.39 Å². The maximum Gasteiger partial charge on any atom is 0.123 e. The van der Waals surface area contributed by atoms with E-state index in [0.29, 0.717) is 0 Å². The van der Waals surface area contributed by atoms with Crippen molar-refractivity contribution in [2.75, 3.05) is 7.05 Å². The number of hydrogen-bond acceptors (Lipinski definition) is 2. The van der Waals surface area contributed by atoms with Crippen molar-refractivity contribution < 1.29 is 4.39 Å². The molecule has 0 radical (unpaired) electrons. The largest absolute Gasteiger partial charge is 0.309 e. The molecule has 17 heavy (non-hydrogen) atoms. The van der Waals surface area contributed by atoms with E-state index in [1.165, 1.54) is 16.5 Å². The van der Waals surface area contributed by atoms with Crippen molar-refractivity contribution >= 4 is 27.3 Å². The van der Waals surface area contributed by atoms with Crippen molar-refractivity contribution in [3.8, 4) is 0 Å². The monoisotopic (exact) mass is 313 g/mol. The number of nitrogens with one attached hydrogen (secondary N) is 1. The van der Waals surface area contributed by atoms with Crippen LogP contribution < -0.4 is 5.32 Å². The number of rotatable bonds is 3. The molecule has 2 rings (SSSR count). The van der Waals surface area contributed by atoms with E-state index in [-0.39, 0.29) is 11.9 Å². The van der Waals surface area contributed by atoms with Crippen molar-refractivity contribution in [2.24, 2.45) is 0 Å². The summed E-state index contributed by atoms with van der Waals surface area (Å²) in [6, 6.07) is 6.88. The van der Waals surface area contributed by atoms with Gasteiger partial charge in [0.05, 0.1) is 6.04 Å². The molecule has 90 valence electrons. The summed E-state index contributed by atoms with van der Waals surface area (Å²) in [4.78, 5) is 1.25. The second kappa shape index (κ2) is 5.29. The molecule has 0 aliphatic rings. The third-order valence-corrected chi connectivity index (χ3v) is 4.35. The zero-order valence-corrected chi connectivity index (χ0v) is 12.0. The fraction of sp³-hybridized carbons (Fsp3) is 0.231. The Morgan fingerprint density at radius 1 is 1.29 bits per heavy atom. The van der Waals surface area contributed by atoms with Gasteiger partial charge in [-0.2, -0.15) is 0 Å². The molecule has 0 saturated heterocycles. The molecule has 0 aliphatic carbocycles. The second-order valence-corrected chi connectivity index (χ2v) is 5.79. The smallest absolute Gasteiger partial charge is 0.123 e. The van der Waals surface area contributed by atoms with Crippen LogP contribution in [0.1, 0.15) is 22.0 Å². The summed E-state index contributed by atoms with van der Waals surface area (Å²) in [5.41, 5.74) is 2.12. The van der Waals surface area contributed by atoms with Gasteiger partial charge in [-0.15, -0.1) is 11.3 Å². The normalized spacial score (nSPS) is 12.7. The lowest BCUT2D eigenvalue weighted by molar-refractivity contribution is 0.615. The molecule has 1 unspecified atom stereocenters. The molecule has 1 heterocycles. The summed E-state index contributed by atoms with van der Waals surface area (Å²) in [6.07, 6.45) is 0. The maximum absolute atomic E-state index is 13.3. The van der Waals surface area contributed by atoms with Gasteiger partial charge in [0, 0.05) is 9.35 Å². The number of halogens is 2. The quantitative estimate of drug-likeness (QED) is 0.892. The van der Waals surface area contributed by atoms with Crippen LogP contribution in [0.25, 0.3) is 0 Å². The van der Waals surface area contributed by atoms with Gasteiger partial charge in [0.1, 0.15) is 5.82 Å². The molecule has 0 spiro atoms. The summed E-state index contributed by atoms with van der Waals surface area (Å²) < 4.78 is 14.3. The highest BCUT2D eigenvalue weighted by molar-refractivity contribution is 9.10. The number of thiophene rings is 1. The van der Waals surface area contributed by atoms with Crippen molar-refractivity contribution in [1.29, 1.82) is 0 Å². The first kappa shape index (κ1) is 12.7. The van der Waals surface area contributed by atoms with Crippen molar-refractivity contribution in [3.63, 3.8) is 0 Å². The van der Waals surface area contributed by atoms with Gasteiger partial charge in [0.15, 0.2) is 0 Å². The van der Waals surface area contributed by atoms with Gasteiger partial charge in [-0.05, 0) is 54.7 Å². The summed E-state index contributed by atoms with van der Waals surface area (Å²) in [5.74, 6) is -0.212. The standard InChI is InChI=1S/C13H13BrFNS/c1-8-10(5-6-17-8)13(16-2)11-7-9(15)3-4-12(11)14/h3-7,13,16H,1-2H3. The van der Waals surface area contributed by atoms with Crippen LogP contribution in [0, 0.1) is 12.7 Å². The Morgan fingerprint density at radius 3 is 2.65 bits per heavy atom. The molecule has 1 aromatic carbocycles. The van der Waals surface area contributed by atoms with E-state index < -0.39 is 0 Å². The van der Waals surface area contributed by atoms with E-state index >= 15 is 0 Å². The highest BCUT2D eigenvalue weighted by Gasteiger charge is 2.18. The lowest BCUT2D eigenvalue weighted by Gasteiger charge is -2.18. The van der Waals surface area contributed by atoms with Crippen LogP contribution in [0.5, 0.6) is 0 Å². The average molecular weight is 314 g/mol. The molecule has 1 N–H and O–H groups in total. The van der Waals surface area contributed by atoms with Crippen LogP contribution in [-0.4, -0.2) is 7.05 Å². The Hall–Kier alpha value is -0.710. The van der Waals surface area contributed by atoms with Crippen molar-refractivity contribution in [2.45, 2.75) is 13.0 Å². The predicted octanol–water partition coefficient (Wildman–Crippen LogP) is 4.27. The van der Waals surface area contributed by atoms with Gasteiger partial charge in [-0.3, -0.25) is 0 Å². The molecular formula is C13H13BrFNS. The first-order chi connectivity index (χ1) is 8.13. The maximum atomic E-state index is 13.3. The molecule has 1 atom stereocenters. The molecule has 1 nitrogen and oxygen atoms in total. The number of benzene rings is 1. The molecular weight excluding hydrogens is 301 g/mol. The second-order valence-electron chi connectivity index (χ2n) is 3.82. The minimum Gasteiger partial charge on any atom is -0.309 e. The summed E-state index contributed by atoms with van der Waals surface area (Å²) >= 11 is 5.18. The first-order valence-electron chi connectivity index (χ1n) is 5.29.